The van der Waals surface area contributed by atoms with E-state index in [1.54, 1.807) is 74.5 Å². The van der Waals surface area contributed by atoms with E-state index in [2.05, 4.69) is 5.32 Å². The second-order valence-corrected chi connectivity index (χ2v) is 11.0. The lowest BCUT2D eigenvalue weighted by Gasteiger charge is -2.32. The number of rotatable bonds is 11. The molecule has 0 unspecified atom stereocenters. The van der Waals surface area contributed by atoms with Crippen molar-refractivity contribution in [1.82, 2.24) is 10.2 Å². The lowest BCUT2D eigenvalue weighted by atomic mass is 10.1. The molecule has 0 aliphatic heterocycles. The molecule has 0 bridgehead atoms. The first-order chi connectivity index (χ1) is 18.1. The second-order valence-electron chi connectivity index (χ2n) is 8.75. The van der Waals surface area contributed by atoms with Crippen LogP contribution in [0.3, 0.4) is 0 Å². The first-order valence-electron chi connectivity index (χ1n) is 12.1. The molecule has 10 heteroatoms. The Labute approximate surface area is 229 Å². The van der Waals surface area contributed by atoms with E-state index in [0.29, 0.717) is 22.9 Å². The molecule has 0 aliphatic rings. The third-order valence-electron chi connectivity index (χ3n) is 5.99. The molecule has 0 fully saturated rings. The standard InChI is InChI=1S/C28H32ClN3O5S/c1-5-30-28(34)21(3)31(18-22-8-6-9-23(29)16-22)27(33)19-32(24-10-7-11-25(17-24)37-4)38(35,36)26-14-12-20(2)13-15-26/h6-17,21H,5,18-19H2,1-4H3,(H,30,34)/t21-/m1/s1. The summed E-state index contributed by atoms with van der Waals surface area (Å²) >= 11 is 6.15. The Kier molecular flexibility index (Phi) is 9.77. The van der Waals surface area contributed by atoms with Gasteiger partial charge in [0.15, 0.2) is 0 Å². The van der Waals surface area contributed by atoms with Gasteiger partial charge in [0.25, 0.3) is 10.0 Å². The number of carbonyl (C=O) groups excluding carboxylic acids is 2. The Morgan fingerprint density at radius 1 is 1.03 bits per heavy atom. The van der Waals surface area contributed by atoms with Gasteiger partial charge in [-0.1, -0.05) is 47.5 Å². The predicted octanol–water partition coefficient (Wildman–Crippen LogP) is 4.41. The van der Waals surface area contributed by atoms with Crippen molar-refractivity contribution < 1.29 is 22.7 Å². The number of ether oxygens (including phenoxy) is 1. The molecule has 38 heavy (non-hydrogen) atoms. The van der Waals surface area contributed by atoms with Crippen molar-refractivity contribution in [2.24, 2.45) is 0 Å². The van der Waals surface area contributed by atoms with Gasteiger partial charge >= 0.3 is 0 Å². The Bertz CT molecular complexity index is 1380. The first-order valence-corrected chi connectivity index (χ1v) is 13.9. The number of hydrogen-bond acceptors (Lipinski definition) is 5. The van der Waals surface area contributed by atoms with E-state index >= 15 is 0 Å². The van der Waals surface area contributed by atoms with Crippen LogP contribution in [0.2, 0.25) is 5.02 Å². The van der Waals surface area contributed by atoms with Crippen LogP contribution < -0.4 is 14.4 Å². The summed E-state index contributed by atoms with van der Waals surface area (Å²) in [6.45, 7) is 5.17. The maximum absolute atomic E-state index is 13.8. The molecule has 0 aliphatic carbocycles. The van der Waals surface area contributed by atoms with Gasteiger partial charge in [0, 0.05) is 24.2 Å². The molecule has 0 spiro atoms. The van der Waals surface area contributed by atoms with Crippen molar-refractivity contribution in [3.8, 4) is 5.75 Å². The largest absolute Gasteiger partial charge is 0.497 e. The predicted molar refractivity (Wildman–Crippen MR) is 149 cm³/mol. The van der Waals surface area contributed by atoms with Crippen LogP contribution in [-0.2, 0) is 26.2 Å². The van der Waals surface area contributed by atoms with Gasteiger partial charge in [-0.3, -0.25) is 13.9 Å². The van der Waals surface area contributed by atoms with E-state index in [1.807, 2.05) is 6.92 Å². The van der Waals surface area contributed by atoms with E-state index in [4.69, 9.17) is 16.3 Å². The summed E-state index contributed by atoms with van der Waals surface area (Å²) in [5.41, 5.74) is 1.86. The first kappa shape index (κ1) is 29.0. The number of benzene rings is 3. The summed E-state index contributed by atoms with van der Waals surface area (Å²) < 4.78 is 34.0. The summed E-state index contributed by atoms with van der Waals surface area (Å²) in [5, 5.41) is 3.22. The minimum absolute atomic E-state index is 0.0388. The molecular weight excluding hydrogens is 526 g/mol. The minimum atomic E-state index is -4.15. The van der Waals surface area contributed by atoms with Gasteiger partial charge in [0.05, 0.1) is 17.7 Å². The van der Waals surface area contributed by atoms with E-state index in [1.165, 1.54) is 24.1 Å². The zero-order valence-corrected chi connectivity index (χ0v) is 23.4. The van der Waals surface area contributed by atoms with E-state index in [-0.39, 0.29) is 23.0 Å². The molecule has 1 N–H and O–H groups in total. The van der Waals surface area contributed by atoms with Gasteiger partial charge in [-0.25, -0.2) is 8.42 Å². The number of likely N-dealkylation sites (N-methyl/N-ethyl adjacent to an activating group) is 1. The fourth-order valence-electron chi connectivity index (χ4n) is 3.87. The average Bonchev–Trinajstić information content (AvgIpc) is 2.90. The molecule has 1 atom stereocenters. The Morgan fingerprint density at radius 3 is 2.34 bits per heavy atom. The van der Waals surface area contributed by atoms with Crippen LogP contribution in [0.1, 0.15) is 25.0 Å². The van der Waals surface area contributed by atoms with Crippen molar-refractivity contribution in [2.75, 3.05) is 24.5 Å². The van der Waals surface area contributed by atoms with Crippen LogP contribution in [-0.4, -0.2) is 51.4 Å². The highest BCUT2D eigenvalue weighted by Crippen LogP contribution is 2.28. The van der Waals surface area contributed by atoms with E-state index < -0.39 is 28.5 Å². The van der Waals surface area contributed by atoms with Crippen LogP contribution in [0, 0.1) is 6.92 Å². The Hall–Kier alpha value is -3.56. The lowest BCUT2D eigenvalue weighted by molar-refractivity contribution is -0.139. The highest BCUT2D eigenvalue weighted by molar-refractivity contribution is 7.92. The molecule has 0 saturated heterocycles. The smallest absolute Gasteiger partial charge is 0.264 e. The third-order valence-corrected chi connectivity index (χ3v) is 8.01. The van der Waals surface area contributed by atoms with Gasteiger partial charge in [-0.15, -0.1) is 0 Å². The molecule has 0 saturated carbocycles. The quantitative estimate of drug-likeness (QED) is 0.377. The fraction of sp³-hybridized carbons (Fsp3) is 0.286. The zero-order chi connectivity index (χ0) is 27.9. The van der Waals surface area contributed by atoms with Crippen LogP contribution in [0.5, 0.6) is 5.75 Å². The number of anilines is 1. The van der Waals surface area contributed by atoms with Gasteiger partial charge in [-0.2, -0.15) is 0 Å². The number of hydrogen-bond donors (Lipinski definition) is 1. The maximum atomic E-state index is 13.8. The summed E-state index contributed by atoms with van der Waals surface area (Å²) in [6.07, 6.45) is 0. The molecule has 0 radical (unpaired) electrons. The van der Waals surface area contributed by atoms with Gasteiger partial charge < -0.3 is 15.0 Å². The highest BCUT2D eigenvalue weighted by Gasteiger charge is 2.32. The number of carbonyl (C=O) groups is 2. The zero-order valence-electron chi connectivity index (χ0n) is 21.8. The topological polar surface area (TPSA) is 96.0 Å². The molecule has 0 heterocycles. The van der Waals surface area contributed by atoms with Gasteiger partial charge in [-0.05, 0) is 62.7 Å². The average molecular weight is 558 g/mol. The summed E-state index contributed by atoms with van der Waals surface area (Å²) in [7, 11) is -2.68. The fourth-order valence-corrected chi connectivity index (χ4v) is 5.49. The van der Waals surface area contributed by atoms with Crippen LogP contribution in [0.4, 0.5) is 5.69 Å². The van der Waals surface area contributed by atoms with Crippen LogP contribution >= 0.6 is 11.6 Å². The summed E-state index contributed by atoms with van der Waals surface area (Å²) in [4.78, 5) is 28.0. The number of nitrogens with zero attached hydrogens (tertiary/aromatic N) is 2. The Morgan fingerprint density at radius 2 is 1.71 bits per heavy atom. The normalized spacial score (nSPS) is 11.9. The maximum Gasteiger partial charge on any atom is 0.264 e. The SMILES string of the molecule is CCNC(=O)[C@@H](C)N(Cc1cccc(Cl)c1)C(=O)CN(c1cccc(OC)c1)S(=O)(=O)c1ccc(C)cc1. The summed E-state index contributed by atoms with van der Waals surface area (Å²) in [5.74, 6) is -0.468. The van der Waals surface area contributed by atoms with Gasteiger partial charge in [0.1, 0.15) is 18.3 Å². The van der Waals surface area contributed by atoms with Gasteiger partial charge in [0.2, 0.25) is 11.8 Å². The minimum Gasteiger partial charge on any atom is -0.497 e. The summed E-state index contributed by atoms with van der Waals surface area (Å²) in [6, 6.07) is 19.0. The monoisotopic (exact) mass is 557 g/mol. The molecule has 2 amide bonds. The van der Waals surface area contributed by atoms with Crippen LogP contribution in [0.25, 0.3) is 0 Å². The van der Waals surface area contributed by atoms with Crippen molar-refractivity contribution in [3.63, 3.8) is 0 Å². The van der Waals surface area contributed by atoms with Crippen molar-refractivity contribution in [3.05, 3.63) is 88.9 Å². The van der Waals surface area contributed by atoms with Crippen molar-refractivity contribution in [1.29, 1.82) is 0 Å². The highest BCUT2D eigenvalue weighted by atomic mass is 35.5. The molecule has 8 nitrogen and oxygen atoms in total. The second kappa shape index (κ2) is 12.8. The number of amides is 2. The molecular formula is C28H32ClN3O5S. The Balaban J connectivity index is 2.05. The molecule has 3 rings (SSSR count). The molecule has 3 aromatic carbocycles. The third kappa shape index (κ3) is 7.05. The molecule has 202 valence electrons. The number of halogens is 1. The number of nitrogens with one attached hydrogen (secondary N) is 1. The molecule has 0 aromatic heterocycles. The number of methoxy groups -OCH3 is 1. The lowest BCUT2D eigenvalue weighted by Crippen LogP contribution is -2.51. The van der Waals surface area contributed by atoms with E-state index in [0.717, 1.165) is 9.87 Å². The van der Waals surface area contributed by atoms with Crippen molar-refractivity contribution >= 4 is 39.1 Å². The number of sulfonamides is 1. The van der Waals surface area contributed by atoms with Crippen molar-refractivity contribution in [2.45, 2.75) is 38.3 Å². The van der Waals surface area contributed by atoms with E-state index in [9.17, 15) is 18.0 Å². The van der Waals surface area contributed by atoms with Crippen LogP contribution in [0.15, 0.2) is 77.7 Å². The molecule has 3 aromatic rings. The number of aryl methyl sites for hydroxylation is 1.